The summed E-state index contributed by atoms with van der Waals surface area (Å²) in [5.74, 6) is 0.279. The maximum atomic E-state index is 13.9. The van der Waals surface area contributed by atoms with Gasteiger partial charge in [-0.15, -0.1) is 0 Å². The molecule has 1 aliphatic rings. The first kappa shape index (κ1) is 15.2. The number of thiocarbonyl (C=S) groups is 1. The molecule has 1 atom stereocenters. The van der Waals surface area contributed by atoms with Gasteiger partial charge in [0.05, 0.1) is 5.69 Å². The van der Waals surface area contributed by atoms with Crippen molar-refractivity contribution in [3.05, 3.63) is 29.6 Å². The van der Waals surface area contributed by atoms with Gasteiger partial charge in [-0.05, 0) is 50.9 Å². The van der Waals surface area contributed by atoms with Gasteiger partial charge in [-0.3, -0.25) is 0 Å². The number of likely N-dealkylation sites (tertiary alicyclic amines) is 1. The summed E-state index contributed by atoms with van der Waals surface area (Å²) in [5.41, 5.74) is 6.57. The average molecular weight is 295 g/mol. The smallest absolute Gasteiger partial charge is 0.146 e. The number of anilines is 1. The molecule has 3 nitrogen and oxygen atoms in total. The molecule has 0 radical (unpaired) electrons. The highest BCUT2D eigenvalue weighted by Crippen LogP contribution is 2.21. The summed E-state index contributed by atoms with van der Waals surface area (Å²) >= 11 is 4.84. The fourth-order valence-corrected chi connectivity index (χ4v) is 2.69. The first-order valence-electron chi connectivity index (χ1n) is 7.04. The van der Waals surface area contributed by atoms with Crippen molar-refractivity contribution >= 4 is 22.9 Å². The van der Waals surface area contributed by atoms with Crippen molar-refractivity contribution in [1.82, 2.24) is 4.90 Å². The Kier molecular flexibility index (Phi) is 4.94. The third-order valence-electron chi connectivity index (χ3n) is 3.88. The predicted molar refractivity (Wildman–Crippen MR) is 85.6 cm³/mol. The van der Waals surface area contributed by atoms with Crippen LogP contribution in [0.1, 0.15) is 25.8 Å². The van der Waals surface area contributed by atoms with E-state index in [4.69, 9.17) is 18.0 Å². The average Bonchev–Trinajstić information content (AvgIpc) is 2.86. The van der Waals surface area contributed by atoms with E-state index < -0.39 is 0 Å². The van der Waals surface area contributed by atoms with Crippen LogP contribution in [0.2, 0.25) is 0 Å². The minimum atomic E-state index is -0.297. The van der Waals surface area contributed by atoms with Gasteiger partial charge in [0.25, 0.3) is 0 Å². The molecule has 1 saturated heterocycles. The predicted octanol–water partition coefficient (Wildman–Crippen LogP) is 2.60. The number of nitrogens with two attached hydrogens (primary N) is 1. The van der Waals surface area contributed by atoms with Crippen LogP contribution < -0.4 is 11.1 Å². The highest BCUT2D eigenvalue weighted by molar-refractivity contribution is 7.80. The molecule has 0 spiro atoms. The molecule has 1 aliphatic heterocycles. The number of benzene rings is 1. The number of hydrogen-bond donors (Lipinski definition) is 2. The molecule has 0 aromatic heterocycles. The highest BCUT2D eigenvalue weighted by Gasteiger charge is 2.23. The second-order valence-electron chi connectivity index (χ2n) is 5.68. The summed E-state index contributed by atoms with van der Waals surface area (Å²) in [6.07, 6.45) is 1.16. The number of nitrogens with zero attached hydrogens (tertiary/aromatic N) is 1. The minimum absolute atomic E-state index is 0.221. The van der Waals surface area contributed by atoms with Crippen LogP contribution in [-0.2, 0) is 0 Å². The van der Waals surface area contributed by atoms with Crippen molar-refractivity contribution in [2.75, 3.05) is 25.0 Å². The number of hydrogen-bond acceptors (Lipinski definition) is 3. The highest BCUT2D eigenvalue weighted by atomic mass is 32.1. The van der Waals surface area contributed by atoms with Crippen LogP contribution >= 0.6 is 12.2 Å². The Morgan fingerprint density at radius 2 is 2.30 bits per heavy atom. The van der Waals surface area contributed by atoms with Crippen molar-refractivity contribution < 1.29 is 4.39 Å². The first-order valence-corrected chi connectivity index (χ1v) is 7.45. The zero-order valence-corrected chi connectivity index (χ0v) is 12.8. The number of halogens is 1. The van der Waals surface area contributed by atoms with Gasteiger partial charge in [0.2, 0.25) is 0 Å². The first-order chi connectivity index (χ1) is 9.47. The molecule has 1 aromatic carbocycles. The quantitative estimate of drug-likeness (QED) is 0.819. The van der Waals surface area contributed by atoms with Gasteiger partial charge in [0, 0.05) is 24.7 Å². The van der Waals surface area contributed by atoms with E-state index in [1.165, 1.54) is 6.07 Å². The Morgan fingerprint density at radius 3 is 2.85 bits per heavy atom. The van der Waals surface area contributed by atoms with Gasteiger partial charge >= 0.3 is 0 Å². The molecule has 1 heterocycles. The van der Waals surface area contributed by atoms with Crippen LogP contribution in [0.3, 0.4) is 0 Å². The number of nitrogens with one attached hydrogen (secondary N) is 1. The van der Waals surface area contributed by atoms with E-state index in [0.717, 1.165) is 26.1 Å². The zero-order valence-electron chi connectivity index (χ0n) is 12.0. The third-order valence-corrected chi connectivity index (χ3v) is 4.12. The van der Waals surface area contributed by atoms with E-state index in [1.54, 1.807) is 12.1 Å². The Labute approximate surface area is 125 Å². The molecular weight excluding hydrogens is 273 g/mol. The summed E-state index contributed by atoms with van der Waals surface area (Å²) in [6, 6.07) is 5.43. The standard InChI is InChI=1S/C15H22FN3S/c1-10(2)19-6-5-11(9-19)8-18-14-4-3-12(15(17)20)7-13(14)16/h3-4,7,10-11,18H,5-6,8-9H2,1-2H3,(H2,17,20). The Bertz CT molecular complexity index is 490. The summed E-state index contributed by atoms with van der Waals surface area (Å²) in [7, 11) is 0. The van der Waals surface area contributed by atoms with Gasteiger partial charge in [-0.2, -0.15) is 0 Å². The summed E-state index contributed by atoms with van der Waals surface area (Å²) in [5, 5.41) is 3.19. The van der Waals surface area contributed by atoms with Crippen molar-refractivity contribution in [3.63, 3.8) is 0 Å². The Morgan fingerprint density at radius 1 is 1.55 bits per heavy atom. The fraction of sp³-hybridized carbons (Fsp3) is 0.533. The summed E-state index contributed by atoms with van der Waals surface area (Å²) in [4.78, 5) is 2.68. The van der Waals surface area contributed by atoms with E-state index in [-0.39, 0.29) is 10.8 Å². The molecule has 0 aliphatic carbocycles. The van der Waals surface area contributed by atoms with Crippen LogP contribution in [0.25, 0.3) is 0 Å². The zero-order chi connectivity index (χ0) is 14.7. The summed E-state index contributed by atoms with van der Waals surface area (Å²) < 4.78 is 13.9. The van der Waals surface area contributed by atoms with Crippen LogP contribution in [0.4, 0.5) is 10.1 Å². The minimum Gasteiger partial charge on any atom is -0.389 e. The molecule has 1 unspecified atom stereocenters. The number of rotatable bonds is 5. The van der Waals surface area contributed by atoms with Crippen LogP contribution in [0.15, 0.2) is 18.2 Å². The second-order valence-corrected chi connectivity index (χ2v) is 6.12. The van der Waals surface area contributed by atoms with E-state index >= 15 is 0 Å². The maximum Gasteiger partial charge on any atom is 0.146 e. The van der Waals surface area contributed by atoms with E-state index in [2.05, 4.69) is 24.1 Å². The molecule has 0 bridgehead atoms. The SMILES string of the molecule is CC(C)N1CCC(CNc2ccc(C(N)=S)cc2F)C1. The fourth-order valence-electron chi connectivity index (χ4n) is 2.56. The van der Waals surface area contributed by atoms with Crippen LogP contribution in [0, 0.1) is 11.7 Å². The van der Waals surface area contributed by atoms with Crippen molar-refractivity contribution in [2.24, 2.45) is 11.7 Å². The topological polar surface area (TPSA) is 41.3 Å². The van der Waals surface area contributed by atoms with Gasteiger partial charge < -0.3 is 16.0 Å². The molecule has 110 valence electrons. The van der Waals surface area contributed by atoms with Gasteiger partial charge in [-0.1, -0.05) is 12.2 Å². The Balaban J connectivity index is 1.90. The van der Waals surface area contributed by atoms with Crippen molar-refractivity contribution in [2.45, 2.75) is 26.3 Å². The molecule has 5 heteroatoms. The molecule has 0 saturated carbocycles. The lowest BCUT2D eigenvalue weighted by atomic mass is 10.1. The molecule has 0 amide bonds. The van der Waals surface area contributed by atoms with Gasteiger partial charge in [0.1, 0.15) is 10.8 Å². The molecule has 20 heavy (non-hydrogen) atoms. The largest absolute Gasteiger partial charge is 0.389 e. The van der Waals surface area contributed by atoms with Crippen LogP contribution in [0.5, 0.6) is 0 Å². The molecular formula is C15H22FN3S. The van der Waals surface area contributed by atoms with E-state index in [9.17, 15) is 4.39 Å². The Hall–Kier alpha value is -1.20. The normalized spacial score (nSPS) is 19.5. The van der Waals surface area contributed by atoms with E-state index in [0.29, 0.717) is 23.2 Å². The van der Waals surface area contributed by atoms with Crippen molar-refractivity contribution in [1.29, 1.82) is 0 Å². The lowest BCUT2D eigenvalue weighted by Gasteiger charge is -2.20. The molecule has 1 fully saturated rings. The van der Waals surface area contributed by atoms with E-state index in [1.807, 2.05) is 0 Å². The van der Waals surface area contributed by atoms with Crippen LogP contribution in [-0.4, -0.2) is 35.6 Å². The monoisotopic (exact) mass is 295 g/mol. The molecule has 2 rings (SSSR count). The summed E-state index contributed by atoms with van der Waals surface area (Å²) in [6.45, 7) is 7.44. The molecule has 3 N–H and O–H groups in total. The van der Waals surface area contributed by atoms with Gasteiger partial charge in [0.15, 0.2) is 0 Å². The lowest BCUT2D eigenvalue weighted by molar-refractivity contribution is 0.266. The van der Waals surface area contributed by atoms with Gasteiger partial charge in [-0.25, -0.2) is 4.39 Å². The second kappa shape index (κ2) is 6.50. The third kappa shape index (κ3) is 3.67. The lowest BCUT2D eigenvalue weighted by Crippen LogP contribution is -2.29. The van der Waals surface area contributed by atoms with Crippen molar-refractivity contribution in [3.8, 4) is 0 Å². The molecule has 1 aromatic rings. The maximum absolute atomic E-state index is 13.9.